The second kappa shape index (κ2) is 5.45. The first-order chi connectivity index (χ1) is 8.15. The van der Waals surface area contributed by atoms with Crippen LogP contribution in [-0.4, -0.2) is 15.9 Å². The molecule has 0 aliphatic heterocycles. The third kappa shape index (κ3) is 3.40. The molecule has 0 aromatic carbocycles. The van der Waals surface area contributed by atoms with E-state index in [1.54, 1.807) is 6.07 Å². The monoisotopic (exact) mass is 253 g/mol. The van der Waals surface area contributed by atoms with E-state index in [4.69, 9.17) is 11.6 Å². The van der Waals surface area contributed by atoms with Gasteiger partial charge in [0.25, 0.3) is 0 Å². The number of amides is 1. The number of aromatic nitrogens is 2. The predicted molar refractivity (Wildman–Crippen MR) is 66.8 cm³/mol. The number of carbonyl (C=O) groups is 1. The lowest BCUT2D eigenvalue weighted by Crippen LogP contribution is -2.27. The molecule has 1 heterocycles. The molecule has 0 radical (unpaired) electrons. The van der Waals surface area contributed by atoms with Crippen molar-refractivity contribution in [3.63, 3.8) is 0 Å². The van der Waals surface area contributed by atoms with E-state index < -0.39 is 0 Å². The van der Waals surface area contributed by atoms with Crippen molar-refractivity contribution in [2.24, 2.45) is 11.8 Å². The van der Waals surface area contributed by atoms with Gasteiger partial charge in [0, 0.05) is 12.1 Å². The van der Waals surface area contributed by atoms with E-state index >= 15 is 0 Å². The number of rotatable bonds is 2. The number of halogens is 1. The summed E-state index contributed by atoms with van der Waals surface area (Å²) in [6, 6.07) is 1.65. The average Bonchev–Trinajstić information content (AvgIpc) is 2.29. The summed E-state index contributed by atoms with van der Waals surface area (Å²) in [5.74, 6) is 1.38. The molecule has 1 amide bonds. The summed E-state index contributed by atoms with van der Waals surface area (Å²) in [5.41, 5.74) is 0. The predicted octanol–water partition coefficient (Wildman–Crippen LogP) is 2.89. The molecule has 5 heteroatoms. The fourth-order valence-corrected chi connectivity index (χ4v) is 2.30. The molecular formula is C12H16ClN3O. The minimum absolute atomic E-state index is 0.0478. The van der Waals surface area contributed by atoms with Gasteiger partial charge in [-0.05, 0) is 49.3 Å². The van der Waals surface area contributed by atoms with Crippen LogP contribution in [0.25, 0.3) is 0 Å². The summed E-state index contributed by atoms with van der Waals surface area (Å²) in [5, 5.41) is 2.95. The zero-order chi connectivity index (χ0) is 12.3. The highest BCUT2D eigenvalue weighted by molar-refractivity contribution is 6.28. The molecular weight excluding hydrogens is 238 g/mol. The van der Waals surface area contributed by atoms with Crippen LogP contribution in [0, 0.1) is 11.8 Å². The molecule has 1 saturated carbocycles. The van der Waals surface area contributed by atoms with Crippen LogP contribution in [0.15, 0.2) is 12.3 Å². The van der Waals surface area contributed by atoms with Crippen LogP contribution in [0.4, 0.5) is 5.82 Å². The molecule has 0 bridgehead atoms. The third-order valence-electron chi connectivity index (χ3n) is 3.26. The van der Waals surface area contributed by atoms with Gasteiger partial charge < -0.3 is 5.32 Å². The molecule has 1 aromatic heterocycles. The Kier molecular flexibility index (Phi) is 3.94. The van der Waals surface area contributed by atoms with E-state index in [2.05, 4.69) is 22.2 Å². The van der Waals surface area contributed by atoms with Gasteiger partial charge in [0.05, 0.1) is 0 Å². The smallest absolute Gasteiger partial charge is 0.228 e. The Morgan fingerprint density at radius 1 is 1.41 bits per heavy atom. The molecule has 0 unspecified atom stereocenters. The molecule has 0 atom stereocenters. The maximum Gasteiger partial charge on any atom is 0.228 e. The molecule has 1 fully saturated rings. The Morgan fingerprint density at radius 2 is 2.12 bits per heavy atom. The van der Waals surface area contributed by atoms with Crippen LogP contribution in [0.5, 0.6) is 0 Å². The van der Waals surface area contributed by atoms with E-state index in [1.165, 1.54) is 6.20 Å². The Hall–Kier alpha value is -1.16. The Morgan fingerprint density at radius 3 is 2.76 bits per heavy atom. The second-order valence-electron chi connectivity index (χ2n) is 4.66. The van der Waals surface area contributed by atoms with E-state index in [1.807, 2.05) is 0 Å². The van der Waals surface area contributed by atoms with Crippen LogP contribution < -0.4 is 5.32 Å². The quantitative estimate of drug-likeness (QED) is 0.825. The van der Waals surface area contributed by atoms with Crippen LogP contribution in [-0.2, 0) is 4.79 Å². The zero-order valence-electron chi connectivity index (χ0n) is 9.82. The largest absolute Gasteiger partial charge is 0.310 e. The van der Waals surface area contributed by atoms with Crippen molar-refractivity contribution in [1.29, 1.82) is 0 Å². The van der Waals surface area contributed by atoms with Gasteiger partial charge in [0.1, 0.15) is 5.82 Å². The first-order valence-corrected chi connectivity index (χ1v) is 6.32. The number of hydrogen-bond acceptors (Lipinski definition) is 3. The van der Waals surface area contributed by atoms with Crippen molar-refractivity contribution in [2.45, 2.75) is 32.6 Å². The van der Waals surface area contributed by atoms with E-state index in [0.717, 1.165) is 31.6 Å². The molecule has 4 nitrogen and oxygen atoms in total. The van der Waals surface area contributed by atoms with E-state index in [0.29, 0.717) is 5.82 Å². The molecule has 0 saturated heterocycles. The SMILES string of the molecule is CC1CCC(C(=O)Nc2ccnc(Cl)n2)CC1. The minimum Gasteiger partial charge on any atom is -0.310 e. The minimum atomic E-state index is 0.0478. The molecule has 2 rings (SSSR count). The zero-order valence-corrected chi connectivity index (χ0v) is 10.6. The number of nitrogens with zero attached hydrogens (tertiary/aromatic N) is 2. The molecule has 92 valence electrons. The second-order valence-corrected chi connectivity index (χ2v) is 5.00. The molecule has 1 aliphatic rings. The molecule has 1 N–H and O–H groups in total. The Bertz CT molecular complexity index is 402. The average molecular weight is 254 g/mol. The highest BCUT2D eigenvalue weighted by atomic mass is 35.5. The first-order valence-electron chi connectivity index (χ1n) is 5.94. The van der Waals surface area contributed by atoms with Gasteiger partial charge in [-0.2, -0.15) is 0 Å². The standard InChI is InChI=1S/C12H16ClN3O/c1-8-2-4-9(5-3-8)11(17)15-10-6-7-14-12(13)16-10/h6-9H,2-5H2,1H3,(H,14,15,16,17). The summed E-state index contributed by atoms with van der Waals surface area (Å²) in [6.07, 6.45) is 5.72. The Balaban J connectivity index is 1.93. The summed E-state index contributed by atoms with van der Waals surface area (Å²) < 4.78 is 0. The summed E-state index contributed by atoms with van der Waals surface area (Å²) >= 11 is 5.66. The number of carbonyl (C=O) groups excluding carboxylic acids is 1. The highest BCUT2D eigenvalue weighted by Gasteiger charge is 2.24. The van der Waals surface area contributed by atoms with Crippen molar-refractivity contribution in [3.05, 3.63) is 17.5 Å². The third-order valence-corrected chi connectivity index (χ3v) is 3.45. The van der Waals surface area contributed by atoms with E-state index in [-0.39, 0.29) is 17.1 Å². The van der Waals surface area contributed by atoms with Gasteiger partial charge in [-0.3, -0.25) is 4.79 Å². The lowest BCUT2D eigenvalue weighted by Gasteiger charge is -2.24. The van der Waals surface area contributed by atoms with Gasteiger partial charge in [-0.1, -0.05) is 6.92 Å². The van der Waals surface area contributed by atoms with Crippen molar-refractivity contribution in [2.75, 3.05) is 5.32 Å². The van der Waals surface area contributed by atoms with Crippen LogP contribution >= 0.6 is 11.6 Å². The molecule has 17 heavy (non-hydrogen) atoms. The summed E-state index contributed by atoms with van der Waals surface area (Å²) in [4.78, 5) is 19.7. The maximum atomic E-state index is 12.0. The lowest BCUT2D eigenvalue weighted by atomic mass is 9.82. The van der Waals surface area contributed by atoms with Crippen molar-refractivity contribution in [1.82, 2.24) is 9.97 Å². The van der Waals surface area contributed by atoms with Crippen molar-refractivity contribution >= 4 is 23.3 Å². The summed E-state index contributed by atoms with van der Waals surface area (Å²) in [6.45, 7) is 2.23. The van der Waals surface area contributed by atoms with Crippen LogP contribution in [0.1, 0.15) is 32.6 Å². The normalized spacial score (nSPS) is 24.4. The highest BCUT2D eigenvalue weighted by Crippen LogP contribution is 2.28. The maximum absolute atomic E-state index is 12.0. The topological polar surface area (TPSA) is 54.9 Å². The van der Waals surface area contributed by atoms with Crippen LogP contribution in [0.3, 0.4) is 0 Å². The van der Waals surface area contributed by atoms with E-state index in [9.17, 15) is 4.79 Å². The van der Waals surface area contributed by atoms with Crippen LogP contribution in [0.2, 0.25) is 5.28 Å². The number of anilines is 1. The number of nitrogens with one attached hydrogen (secondary N) is 1. The first kappa shape index (κ1) is 12.3. The number of hydrogen-bond donors (Lipinski definition) is 1. The van der Waals surface area contributed by atoms with Crippen molar-refractivity contribution < 1.29 is 4.79 Å². The van der Waals surface area contributed by atoms with Gasteiger partial charge in [0.2, 0.25) is 11.2 Å². The fourth-order valence-electron chi connectivity index (χ4n) is 2.16. The summed E-state index contributed by atoms with van der Waals surface area (Å²) in [7, 11) is 0. The van der Waals surface area contributed by atoms with Crippen molar-refractivity contribution in [3.8, 4) is 0 Å². The molecule has 1 aliphatic carbocycles. The molecule has 0 spiro atoms. The Labute approximate surface area is 106 Å². The van der Waals surface area contributed by atoms with Gasteiger partial charge in [-0.25, -0.2) is 9.97 Å². The van der Waals surface area contributed by atoms with Gasteiger partial charge in [0.15, 0.2) is 0 Å². The van der Waals surface area contributed by atoms with Gasteiger partial charge in [-0.15, -0.1) is 0 Å². The molecule has 1 aromatic rings. The fraction of sp³-hybridized carbons (Fsp3) is 0.583. The van der Waals surface area contributed by atoms with Gasteiger partial charge >= 0.3 is 0 Å². The lowest BCUT2D eigenvalue weighted by molar-refractivity contribution is -0.121.